The summed E-state index contributed by atoms with van der Waals surface area (Å²) >= 11 is 1.34. The predicted molar refractivity (Wildman–Crippen MR) is 89.3 cm³/mol. The summed E-state index contributed by atoms with van der Waals surface area (Å²) in [6.07, 6.45) is 5.33. The van der Waals surface area contributed by atoms with Crippen LogP contribution in [0.4, 0.5) is 9.52 Å². The lowest BCUT2D eigenvalue weighted by Gasteiger charge is -2.19. The van der Waals surface area contributed by atoms with Gasteiger partial charge in [0.25, 0.3) is 0 Å². The van der Waals surface area contributed by atoms with Crippen LogP contribution in [-0.4, -0.2) is 18.0 Å². The fourth-order valence-corrected chi connectivity index (χ4v) is 3.62. The number of benzene rings is 1. The van der Waals surface area contributed by atoms with Crippen molar-refractivity contribution in [2.24, 2.45) is 5.92 Å². The Morgan fingerprint density at radius 2 is 2.13 bits per heavy atom. The summed E-state index contributed by atoms with van der Waals surface area (Å²) < 4.78 is 18.7. The topological polar surface area (TPSA) is 51.2 Å². The van der Waals surface area contributed by atoms with Crippen molar-refractivity contribution in [2.75, 3.05) is 12.4 Å². The van der Waals surface area contributed by atoms with Gasteiger partial charge in [-0.3, -0.25) is 4.79 Å². The maximum atomic E-state index is 13.5. The predicted octanol–water partition coefficient (Wildman–Crippen LogP) is 4.48. The third kappa shape index (κ3) is 3.69. The number of nitrogens with one attached hydrogen (secondary N) is 1. The molecule has 122 valence electrons. The number of hydrogen-bond donors (Lipinski definition) is 1. The Balaban J connectivity index is 1.75. The summed E-state index contributed by atoms with van der Waals surface area (Å²) in [5.74, 6) is 0.333. The third-order valence-corrected chi connectivity index (χ3v) is 4.91. The highest BCUT2D eigenvalue weighted by atomic mass is 32.1. The highest BCUT2D eigenvalue weighted by Gasteiger charge is 2.22. The largest absolute Gasteiger partial charge is 0.496 e. The van der Waals surface area contributed by atoms with Crippen molar-refractivity contribution in [1.29, 1.82) is 0 Å². The van der Waals surface area contributed by atoms with Crippen molar-refractivity contribution in [3.63, 3.8) is 0 Å². The van der Waals surface area contributed by atoms with Crippen LogP contribution < -0.4 is 10.1 Å². The van der Waals surface area contributed by atoms with Gasteiger partial charge < -0.3 is 10.1 Å². The zero-order valence-electron chi connectivity index (χ0n) is 13.0. The number of methoxy groups -OCH3 is 1. The first-order valence-corrected chi connectivity index (χ1v) is 8.65. The zero-order valence-corrected chi connectivity index (χ0v) is 13.8. The number of hydrogen-bond acceptors (Lipinski definition) is 4. The minimum Gasteiger partial charge on any atom is -0.496 e. The van der Waals surface area contributed by atoms with Crippen LogP contribution in [0, 0.1) is 11.7 Å². The maximum absolute atomic E-state index is 13.5. The number of anilines is 1. The number of nitrogens with zero attached hydrogens (tertiary/aromatic N) is 1. The number of rotatable bonds is 4. The van der Waals surface area contributed by atoms with Crippen LogP contribution in [-0.2, 0) is 4.79 Å². The van der Waals surface area contributed by atoms with Gasteiger partial charge in [0.2, 0.25) is 5.91 Å². The Kier molecular flexibility index (Phi) is 4.91. The van der Waals surface area contributed by atoms with Crippen LogP contribution in [0.5, 0.6) is 5.75 Å². The smallest absolute Gasteiger partial charge is 0.229 e. The van der Waals surface area contributed by atoms with Crippen molar-refractivity contribution >= 4 is 22.4 Å². The standard InChI is InChI=1S/C17H19FN2O2S/c1-22-15-8-7-12(18)9-13(15)14-10-23-17(19-14)20-16(21)11-5-3-2-4-6-11/h7-11H,2-6H2,1H3,(H,19,20,21). The van der Waals surface area contributed by atoms with Gasteiger partial charge in [0.15, 0.2) is 5.13 Å². The van der Waals surface area contributed by atoms with E-state index in [9.17, 15) is 9.18 Å². The highest BCUT2D eigenvalue weighted by molar-refractivity contribution is 7.14. The van der Waals surface area contributed by atoms with Crippen LogP contribution in [0.15, 0.2) is 23.6 Å². The van der Waals surface area contributed by atoms with Crippen LogP contribution in [0.1, 0.15) is 32.1 Å². The number of thiazole rings is 1. The van der Waals surface area contributed by atoms with Crippen LogP contribution >= 0.6 is 11.3 Å². The zero-order chi connectivity index (χ0) is 16.2. The van der Waals surface area contributed by atoms with Gasteiger partial charge in [-0.05, 0) is 31.0 Å². The number of aromatic nitrogens is 1. The average molecular weight is 334 g/mol. The first kappa shape index (κ1) is 15.9. The van der Waals surface area contributed by atoms with E-state index in [-0.39, 0.29) is 17.6 Å². The molecule has 1 saturated carbocycles. The van der Waals surface area contributed by atoms with E-state index in [1.54, 1.807) is 11.4 Å². The summed E-state index contributed by atoms with van der Waals surface area (Å²) in [7, 11) is 1.54. The van der Waals surface area contributed by atoms with E-state index < -0.39 is 0 Å². The van der Waals surface area contributed by atoms with E-state index in [2.05, 4.69) is 10.3 Å². The molecule has 1 amide bonds. The minimum atomic E-state index is -0.346. The molecule has 1 aliphatic carbocycles. The molecule has 1 aliphatic rings. The van der Waals surface area contributed by atoms with Gasteiger partial charge >= 0.3 is 0 Å². The molecule has 0 atom stereocenters. The Morgan fingerprint density at radius 1 is 1.35 bits per heavy atom. The van der Waals surface area contributed by atoms with Crippen LogP contribution in [0.2, 0.25) is 0 Å². The molecule has 0 bridgehead atoms. The second-order valence-corrected chi connectivity index (χ2v) is 6.56. The molecule has 1 aromatic carbocycles. The lowest BCUT2D eigenvalue weighted by molar-refractivity contribution is -0.120. The molecule has 0 unspecified atom stereocenters. The maximum Gasteiger partial charge on any atom is 0.229 e. The summed E-state index contributed by atoms with van der Waals surface area (Å²) in [5.41, 5.74) is 1.19. The molecule has 0 aliphatic heterocycles. The molecule has 6 heteroatoms. The molecule has 0 saturated heterocycles. The minimum absolute atomic E-state index is 0.0387. The van der Waals surface area contributed by atoms with E-state index in [0.717, 1.165) is 25.7 Å². The van der Waals surface area contributed by atoms with E-state index in [1.165, 1.54) is 37.0 Å². The normalized spacial score (nSPS) is 15.4. The first-order valence-electron chi connectivity index (χ1n) is 7.77. The van der Waals surface area contributed by atoms with Gasteiger partial charge in [0.1, 0.15) is 11.6 Å². The monoisotopic (exact) mass is 334 g/mol. The summed E-state index contributed by atoms with van der Waals surface area (Å²) in [5, 5.41) is 5.23. The van der Waals surface area contributed by atoms with E-state index in [0.29, 0.717) is 22.1 Å². The Bertz CT molecular complexity index is 696. The molecule has 1 aromatic heterocycles. The Labute approximate surface area is 138 Å². The Hall–Kier alpha value is -1.95. The molecule has 2 aromatic rings. The third-order valence-electron chi connectivity index (χ3n) is 4.15. The Morgan fingerprint density at radius 3 is 2.87 bits per heavy atom. The van der Waals surface area contributed by atoms with Crippen molar-refractivity contribution in [3.05, 3.63) is 29.4 Å². The molecule has 0 spiro atoms. The van der Waals surface area contributed by atoms with Gasteiger partial charge in [-0.15, -0.1) is 11.3 Å². The average Bonchev–Trinajstić information content (AvgIpc) is 3.04. The van der Waals surface area contributed by atoms with E-state index in [1.807, 2.05) is 0 Å². The second kappa shape index (κ2) is 7.08. The summed E-state index contributed by atoms with van der Waals surface area (Å²) in [6.45, 7) is 0. The molecular formula is C17H19FN2O2S. The van der Waals surface area contributed by atoms with Gasteiger partial charge in [0, 0.05) is 16.9 Å². The van der Waals surface area contributed by atoms with Gasteiger partial charge in [-0.2, -0.15) is 0 Å². The molecule has 23 heavy (non-hydrogen) atoms. The molecule has 4 nitrogen and oxygen atoms in total. The number of carbonyl (C=O) groups excluding carboxylic acids is 1. The van der Waals surface area contributed by atoms with E-state index >= 15 is 0 Å². The number of amides is 1. The summed E-state index contributed by atoms with van der Waals surface area (Å²) in [4.78, 5) is 16.7. The van der Waals surface area contributed by atoms with Gasteiger partial charge in [0.05, 0.1) is 12.8 Å². The molecule has 1 fully saturated rings. The quantitative estimate of drug-likeness (QED) is 0.897. The lowest BCUT2D eigenvalue weighted by atomic mass is 9.89. The van der Waals surface area contributed by atoms with Crippen molar-refractivity contribution in [3.8, 4) is 17.0 Å². The lowest BCUT2D eigenvalue weighted by Crippen LogP contribution is -2.24. The highest BCUT2D eigenvalue weighted by Crippen LogP contribution is 2.33. The van der Waals surface area contributed by atoms with Crippen molar-refractivity contribution in [2.45, 2.75) is 32.1 Å². The number of ether oxygens (including phenoxy) is 1. The van der Waals surface area contributed by atoms with Gasteiger partial charge in [-0.25, -0.2) is 9.37 Å². The SMILES string of the molecule is COc1ccc(F)cc1-c1csc(NC(=O)C2CCCCC2)n1. The van der Waals surface area contributed by atoms with Gasteiger partial charge in [-0.1, -0.05) is 19.3 Å². The van der Waals surface area contributed by atoms with E-state index in [4.69, 9.17) is 4.74 Å². The molecular weight excluding hydrogens is 315 g/mol. The number of halogens is 1. The molecule has 1 N–H and O–H groups in total. The first-order chi connectivity index (χ1) is 11.2. The molecule has 3 rings (SSSR count). The van der Waals surface area contributed by atoms with Crippen molar-refractivity contribution < 1.29 is 13.9 Å². The van der Waals surface area contributed by atoms with Crippen LogP contribution in [0.3, 0.4) is 0 Å². The second-order valence-electron chi connectivity index (χ2n) is 5.71. The summed E-state index contributed by atoms with van der Waals surface area (Å²) in [6, 6.07) is 4.31. The fraction of sp³-hybridized carbons (Fsp3) is 0.412. The van der Waals surface area contributed by atoms with Crippen LogP contribution in [0.25, 0.3) is 11.3 Å². The fourth-order valence-electron chi connectivity index (χ4n) is 2.91. The number of carbonyl (C=O) groups is 1. The van der Waals surface area contributed by atoms with Crippen molar-refractivity contribution in [1.82, 2.24) is 4.98 Å². The molecule has 1 heterocycles. The molecule has 0 radical (unpaired) electrons.